The number of aromatic hydroxyl groups is 1. The second kappa shape index (κ2) is 5.39. The van der Waals surface area contributed by atoms with Crippen molar-refractivity contribution in [2.24, 2.45) is 5.92 Å². The van der Waals surface area contributed by atoms with Gasteiger partial charge in [-0.05, 0) is 50.6 Å². The Bertz CT molecular complexity index is 701. The highest BCUT2D eigenvalue weighted by molar-refractivity contribution is 5.57. The molecule has 0 amide bonds. The van der Waals surface area contributed by atoms with E-state index in [0.717, 1.165) is 24.9 Å². The molecule has 3 aliphatic rings. The van der Waals surface area contributed by atoms with Crippen LogP contribution in [0.5, 0.6) is 11.5 Å². The molecule has 130 valence electrons. The second-order valence-electron chi connectivity index (χ2n) is 7.33. The summed E-state index contributed by atoms with van der Waals surface area (Å²) in [5.74, 6) is 1.63. The Morgan fingerprint density at radius 1 is 1.25 bits per heavy atom. The fraction of sp³-hybridized carbons (Fsp3) is 0.579. The first kappa shape index (κ1) is 15.8. The SMILES string of the molecule is COC1=C[C@@H]2[C@@H]3Cc4ccc(OC)c(O)c4C2(CCN3C)CC1O. The number of likely N-dealkylation sites (tertiary alicyclic amines) is 1. The number of phenolic OH excluding ortho intramolecular Hbond substituents is 1. The molecule has 24 heavy (non-hydrogen) atoms. The molecule has 1 heterocycles. The van der Waals surface area contributed by atoms with E-state index in [1.165, 1.54) is 5.56 Å². The molecule has 1 aromatic carbocycles. The summed E-state index contributed by atoms with van der Waals surface area (Å²) in [5, 5.41) is 21.5. The van der Waals surface area contributed by atoms with Crippen LogP contribution in [0.2, 0.25) is 0 Å². The van der Waals surface area contributed by atoms with E-state index in [9.17, 15) is 10.2 Å². The van der Waals surface area contributed by atoms with Crippen LogP contribution in [0.25, 0.3) is 0 Å². The van der Waals surface area contributed by atoms with Crippen molar-refractivity contribution in [3.8, 4) is 11.5 Å². The number of hydrogen-bond donors (Lipinski definition) is 2. The summed E-state index contributed by atoms with van der Waals surface area (Å²) >= 11 is 0. The van der Waals surface area contributed by atoms with Gasteiger partial charge in [-0.25, -0.2) is 0 Å². The number of piperidine rings is 1. The number of rotatable bonds is 2. The van der Waals surface area contributed by atoms with Crippen molar-refractivity contribution in [3.05, 3.63) is 35.1 Å². The van der Waals surface area contributed by atoms with Crippen LogP contribution in [-0.2, 0) is 16.6 Å². The number of nitrogens with zero attached hydrogens (tertiary/aromatic N) is 1. The molecule has 0 radical (unpaired) electrons. The Labute approximate surface area is 142 Å². The maximum atomic E-state index is 10.9. The van der Waals surface area contributed by atoms with Gasteiger partial charge in [0.25, 0.3) is 0 Å². The van der Waals surface area contributed by atoms with E-state index < -0.39 is 6.10 Å². The highest BCUT2D eigenvalue weighted by atomic mass is 16.5. The third-order valence-electron chi connectivity index (χ3n) is 6.37. The van der Waals surface area contributed by atoms with Crippen LogP contribution in [0.3, 0.4) is 0 Å². The lowest BCUT2D eigenvalue weighted by atomic mass is 9.53. The van der Waals surface area contributed by atoms with Crippen molar-refractivity contribution in [1.82, 2.24) is 4.90 Å². The molecular weight excluding hydrogens is 306 g/mol. The van der Waals surface area contributed by atoms with E-state index in [2.05, 4.69) is 24.1 Å². The number of likely N-dealkylation sites (N-methyl/N-ethyl adjacent to an activating group) is 1. The first-order valence-electron chi connectivity index (χ1n) is 8.55. The summed E-state index contributed by atoms with van der Waals surface area (Å²) in [4.78, 5) is 2.40. The topological polar surface area (TPSA) is 62.2 Å². The molecule has 0 aromatic heterocycles. The van der Waals surface area contributed by atoms with Crippen LogP contribution in [0.4, 0.5) is 0 Å². The number of fused-ring (bicyclic) bond motifs is 1. The van der Waals surface area contributed by atoms with Gasteiger partial charge in [-0.2, -0.15) is 0 Å². The number of phenols is 1. The Hall–Kier alpha value is -1.72. The van der Waals surface area contributed by atoms with Gasteiger partial charge in [-0.1, -0.05) is 6.07 Å². The number of benzene rings is 1. The highest BCUT2D eigenvalue weighted by Gasteiger charge is 2.56. The average Bonchev–Trinajstić information content (AvgIpc) is 2.57. The van der Waals surface area contributed by atoms with Gasteiger partial charge in [-0.3, -0.25) is 0 Å². The zero-order valence-corrected chi connectivity index (χ0v) is 14.5. The van der Waals surface area contributed by atoms with E-state index in [1.54, 1.807) is 14.2 Å². The first-order valence-corrected chi connectivity index (χ1v) is 8.55. The van der Waals surface area contributed by atoms with Crippen LogP contribution < -0.4 is 4.74 Å². The lowest BCUT2D eigenvalue weighted by Crippen LogP contribution is -2.60. The minimum Gasteiger partial charge on any atom is -0.504 e. The Kier molecular flexibility index (Phi) is 3.55. The fourth-order valence-corrected chi connectivity index (χ4v) is 5.20. The molecule has 5 nitrogen and oxygen atoms in total. The quantitative estimate of drug-likeness (QED) is 0.865. The number of aliphatic hydroxyl groups excluding tert-OH is 1. The Morgan fingerprint density at radius 3 is 2.75 bits per heavy atom. The summed E-state index contributed by atoms with van der Waals surface area (Å²) in [5.41, 5.74) is 1.88. The van der Waals surface area contributed by atoms with Crippen LogP contribution in [0.1, 0.15) is 24.0 Å². The van der Waals surface area contributed by atoms with Gasteiger partial charge in [0, 0.05) is 22.9 Å². The molecule has 2 unspecified atom stereocenters. The second-order valence-corrected chi connectivity index (χ2v) is 7.33. The molecule has 2 bridgehead atoms. The molecule has 5 heteroatoms. The Morgan fingerprint density at radius 2 is 2.04 bits per heavy atom. The van der Waals surface area contributed by atoms with Gasteiger partial charge in [0.05, 0.1) is 14.2 Å². The zero-order valence-electron chi connectivity index (χ0n) is 14.5. The van der Waals surface area contributed by atoms with E-state index >= 15 is 0 Å². The molecule has 0 spiro atoms. The lowest BCUT2D eigenvalue weighted by Gasteiger charge is -2.57. The Balaban J connectivity index is 1.95. The van der Waals surface area contributed by atoms with E-state index in [-0.39, 0.29) is 17.1 Å². The smallest absolute Gasteiger partial charge is 0.161 e. The van der Waals surface area contributed by atoms with Gasteiger partial charge in [-0.15, -0.1) is 0 Å². The average molecular weight is 331 g/mol. The number of methoxy groups -OCH3 is 2. The maximum absolute atomic E-state index is 10.9. The molecule has 2 aliphatic carbocycles. The molecule has 2 N–H and O–H groups in total. The van der Waals surface area contributed by atoms with Gasteiger partial charge in [0.1, 0.15) is 11.9 Å². The summed E-state index contributed by atoms with van der Waals surface area (Å²) in [6, 6.07) is 4.27. The van der Waals surface area contributed by atoms with Crippen LogP contribution in [-0.4, -0.2) is 55.1 Å². The van der Waals surface area contributed by atoms with Crippen molar-refractivity contribution in [2.45, 2.75) is 36.8 Å². The monoisotopic (exact) mass is 331 g/mol. The normalized spacial score (nSPS) is 34.8. The van der Waals surface area contributed by atoms with Crippen molar-refractivity contribution < 1.29 is 19.7 Å². The molecule has 0 saturated carbocycles. The van der Waals surface area contributed by atoms with Crippen molar-refractivity contribution >= 4 is 0 Å². The van der Waals surface area contributed by atoms with Gasteiger partial charge in [0.15, 0.2) is 11.5 Å². The lowest BCUT2D eigenvalue weighted by molar-refractivity contribution is -0.00381. The molecule has 1 aromatic rings. The fourth-order valence-electron chi connectivity index (χ4n) is 5.20. The van der Waals surface area contributed by atoms with E-state index in [4.69, 9.17) is 9.47 Å². The van der Waals surface area contributed by atoms with Crippen LogP contribution in [0, 0.1) is 5.92 Å². The zero-order chi connectivity index (χ0) is 17.1. The molecule has 4 rings (SSSR count). The van der Waals surface area contributed by atoms with Gasteiger partial charge >= 0.3 is 0 Å². The van der Waals surface area contributed by atoms with Crippen LogP contribution >= 0.6 is 0 Å². The predicted octanol–water partition coefficient (Wildman–Crippen LogP) is 1.81. The minimum absolute atomic E-state index is 0.222. The van der Waals surface area contributed by atoms with E-state index in [1.807, 2.05) is 6.07 Å². The summed E-state index contributed by atoms with van der Waals surface area (Å²) < 4.78 is 10.8. The minimum atomic E-state index is -0.633. The summed E-state index contributed by atoms with van der Waals surface area (Å²) in [6.07, 6.45) is 3.83. The number of ether oxygens (including phenoxy) is 2. The van der Waals surface area contributed by atoms with Crippen molar-refractivity contribution in [1.29, 1.82) is 0 Å². The van der Waals surface area contributed by atoms with Gasteiger partial charge in [0.2, 0.25) is 0 Å². The predicted molar refractivity (Wildman–Crippen MR) is 90.3 cm³/mol. The van der Waals surface area contributed by atoms with Crippen LogP contribution in [0.15, 0.2) is 24.0 Å². The molecular formula is C19H25NO4. The molecule has 1 fully saturated rings. The maximum Gasteiger partial charge on any atom is 0.161 e. The number of aliphatic hydroxyl groups is 1. The highest BCUT2D eigenvalue weighted by Crippen LogP contribution is 2.58. The third kappa shape index (κ3) is 1.94. The van der Waals surface area contributed by atoms with E-state index in [0.29, 0.717) is 24.0 Å². The summed E-state index contributed by atoms with van der Waals surface area (Å²) in [6.45, 7) is 0.958. The number of hydrogen-bond acceptors (Lipinski definition) is 5. The standard InChI is InChI=1S/C19H25NO4/c1-20-7-6-19-10-14(21)16(24-3)9-12(19)13(20)8-11-4-5-15(23-2)18(22)17(11)19/h4-5,9,12-14,21-22H,6-8,10H2,1-3H3/t12-,13+,14?,19?/m1/s1. The van der Waals surface area contributed by atoms with Crippen molar-refractivity contribution in [2.75, 3.05) is 27.8 Å². The molecule has 1 saturated heterocycles. The molecule has 4 atom stereocenters. The molecule has 1 aliphatic heterocycles. The van der Waals surface area contributed by atoms with Crippen molar-refractivity contribution in [3.63, 3.8) is 0 Å². The third-order valence-corrected chi connectivity index (χ3v) is 6.37. The first-order chi connectivity index (χ1) is 11.5. The largest absolute Gasteiger partial charge is 0.504 e. The van der Waals surface area contributed by atoms with Gasteiger partial charge < -0.3 is 24.6 Å². The summed E-state index contributed by atoms with van der Waals surface area (Å²) in [7, 11) is 5.35.